The molecule has 88 valence electrons. The van der Waals surface area contributed by atoms with Crippen molar-refractivity contribution in [3.63, 3.8) is 0 Å². The van der Waals surface area contributed by atoms with Gasteiger partial charge >= 0.3 is 65.1 Å². The number of benzene rings is 1. The summed E-state index contributed by atoms with van der Waals surface area (Å²) in [5.74, 6) is -0.800. The zero-order valence-corrected chi connectivity index (χ0v) is 9.49. The number of carbonyl (C=O) groups is 1. The van der Waals surface area contributed by atoms with E-state index < -0.39 is 5.97 Å². The Morgan fingerprint density at radius 3 is 2.67 bits per heavy atom. The second kappa shape index (κ2) is 8.57. The molecule has 0 aromatic heterocycles. The molecule has 2 nitrogen and oxygen atoms in total. The summed E-state index contributed by atoms with van der Waals surface area (Å²) in [4.78, 5) is 10.9. The van der Waals surface area contributed by atoms with E-state index in [9.17, 15) is 4.79 Å². The van der Waals surface area contributed by atoms with E-state index in [1.807, 2.05) is 0 Å². The first-order valence-electron chi connectivity index (χ1n) is 5.76. The van der Waals surface area contributed by atoms with Gasteiger partial charge in [0.2, 0.25) is 0 Å². The van der Waals surface area contributed by atoms with Crippen molar-refractivity contribution in [2.45, 2.75) is 32.6 Å². The average Bonchev–Trinajstić information content (AvgIpc) is 2.69. The monoisotopic (exact) mass is 264 g/mol. The zero-order valence-electron chi connectivity index (χ0n) is 9.49. The molecule has 1 aliphatic carbocycles. The van der Waals surface area contributed by atoms with E-state index >= 15 is 0 Å². The first kappa shape index (κ1) is 18.4. The second-order valence-electron chi connectivity index (χ2n) is 4.29. The average molecular weight is 264 g/mol. The fourth-order valence-electron chi connectivity index (χ4n) is 2.06. The van der Waals surface area contributed by atoms with E-state index in [0.29, 0.717) is 12.0 Å². The fourth-order valence-corrected chi connectivity index (χ4v) is 2.06. The zero-order chi connectivity index (χ0) is 11.5. The Labute approximate surface area is 152 Å². The van der Waals surface area contributed by atoms with Gasteiger partial charge in [0.05, 0.1) is 0 Å². The Bertz CT molecular complexity index is 453. The summed E-state index contributed by atoms with van der Waals surface area (Å²) in [5.41, 5.74) is 4.04. The minimum absolute atomic E-state index is 0. The van der Waals surface area contributed by atoms with Crippen LogP contribution in [0, 0.1) is 0 Å². The molecule has 0 spiro atoms. The van der Waals surface area contributed by atoms with Gasteiger partial charge in [-0.25, -0.2) is 4.79 Å². The van der Waals surface area contributed by atoms with Crippen molar-refractivity contribution in [3.8, 4) is 0 Å². The number of fused-ring (bicyclic) bond motifs is 1. The molecule has 0 saturated carbocycles. The normalized spacial score (nSPS) is 11.9. The number of hydrogen-bond acceptors (Lipinski definition) is 1. The number of aliphatic carboxylic acids is 1. The van der Waals surface area contributed by atoms with Gasteiger partial charge < -0.3 is 5.11 Å². The Morgan fingerprint density at radius 2 is 2.06 bits per heavy atom. The van der Waals surface area contributed by atoms with Gasteiger partial charge in [-0.2, -0.15) is 0 Å². The topological polar surface area (TPSA) is 37.3 Å². The van der Waals surface area contributed by atoms with E-state index in [-0.39, 0.29) is 59.1 Å². The van der Waals surface area contributed by atoms with Gasteiger partial charge in [-0.15, -0.1) is 0 Å². The summed E-state index contributed by atoms with van der Waals surface area (Å²) in [6.45, 7) is 2.18. The van der Waals surface area contributed by atoms with Crippen molar-refractivity contribution in [1.29, 1.82) is 0 Å². The molecule has 1 aromatic rings. The van der Waals surface area contributed by atoms with Crippen molar-refractivity contribution in [2.75, 3.05) is 0 Å². The number of rotatable bonds is 4. The molecule has 2 rings (SSSR count). The van der Waals surface area contributed by atoms with Crippen molar-refractivity contribution in [3.05, 3.63) is 40.5 Å². The van der Waals surface area contributed by atoms with E-state index in [0.717, 1.165) is 17.5 Å². The van der Waals surface area contributed by atoms with E-state index in [1.165, 1.54) is 18.4 Å². The van der Waals surface area contributed by atoms with Crippen molar-refractivity contribution in [2.24, 2.45) is 0 Å². The third-order valence-electron chi connectivity index (χ3n) is 3.01. The predicted octanol–water partition coefficient (Wildman–Crippen LogP) is 1.76. The summed E-state index contributed by atoms with van der Waals surface area (Å²) in [7, 11) is 0. The van der Waals surface area contributed by atoms with Crippen LogP contribution in [0.5, 0.6) is 0 Å². The van der Waals surface area contributed by atoms with Crippen LogP contribution < -0.4 is 0 Å². The molecule has 0 unspecified atom stereocenters. The summed E-state index contributed by atoms with van der Waals surface area (Å²) >= 11 is 0. The molecule has 0 heterocycles. The molecule has 0 saturated heterocycles. The molecular weight excluding hydrogens is 246 g/mol. The number of carboxylic acid groups (broad SMARTS) is 1. The molecule has 0 atom stereocenters. The summed E-state index contributed by atoms with van der Waals surface area (Å²) < 4.78 is 0. The number of unbranched alkanes of at least 4 members (excludes halogenated alkanes) is 1. The maximum atomic E-state index is 10.9. The number of carboxylic acids is 1. The molecule has 18 heavy (non-hydrogen) atoms. The standard InChI is InChI=1S/C14H16O2.2Na.2H/c1-2-3-4-10-5-6-11-8-13(14(15)16)9-12(11)7-10;;;;/h5-7,9H,2-4,8H2,1H3,(H,15,16);;;;. The molecular formula is C14H18Na2O2. The first-order chi connectivity index (χ1) is 7.70. The molecule has 1 aromatic carbocycles. The van der Waals surface area contributed by atoms with Crippen LogP contribution in [0.25, 0.3) is 6.08 Å². The van der Waals surface area contributed by atoms with Gasteiger partial charge in [-0.1, -0.05) is 31.5 Å². The molecule has 0 bridgehead atoms. The van der Waals surface area contributed by atoms with Crippen molar-refractivity contribution >= 4 is 71.2 Å². The van der Waals surface area contributed by atoms with Crippen LogP contribution in [0.1, 0.15) is 36.5 Å². The Balaban J connectivity index is 0.00000144. The summed E-state index contributed by atoms with van der Waals surface area (Å²) in [5, 5.41) is 8.93. The van der Waals surface area contributed by atoms with Gasteiger partial charge in [0.1, 0.15) is 0 Å². The summed E-state index contributed by atoms with van der Waals surface area (Å²) in [6.07, 6.45) is 5.83. The molecule has 4 heteroatoms. The van der Waals surface area contributed by atoms with Gasteiger partial charge in [-0.3, -0.25) is 0 Å². The van der Waals surface area contributed by atoms with Crippen LogP contribution in [0.2, 0.25) is 0 Å². The van der Waals surface area contributed by atoms with Crippen LogP contribution >= 0.6 is 0 Å². The van der Waals surface area contributed by atoms with Crippen LogP contribution in [-0.4, -0.2) is 70.2 Å². The number of aryl methyl sites for hydroxylation is 1. The van der Waals surface area contributed by atoms with Gasteiger partial charge in [-0.05, 0) is 35.6 Å². The molecule has 1 N–H and O–H groups in total. The van der Waals surface area contributed by atoms with E-state index in [4.69, 9.17) is 5.11 Å². The van der Waals surface area contributed by atoms with Crippen LogP contribution in [-0.2, 0) is 17.6 Å². The molecule has 0 aliphatic heterocycles. The van der Waals surface area contributed by atoms with E-state index in [2.05, 4.69) is 25.1 Å². The molecule has 0 radical (unpaired) electrons. The summed E-state index contributed by atoms with van der Waals surface area (Å²) in [6, 6.07) is 6.31. The predicted molar refractivity (Wildman–Crippen MR) is 78.7 cm³/mol. The molecule has 0 amide bonds. The Hall–Kier alpha value is 0.430. The Kier molecular flexibility index (Phi) is 8.78. The molecule has 1 aliphatic rings. The van der Waals surface area contributed by atoms with Crippen molar-refractivity contribution in [1.82, 2.24) is 0 Å². The van der Waals surface area contributed by atoms with Crippen LogP contribution in [0.3, 0.4) is 0 Å². The first-order valence-corrected chi connectivity index (χ1v) is 5.76. The Morgan fingerprint density at radius 1 is 1.33 bits per heavy atom. The number of hydrogen-bond donors (Lipinski definition) is 1. The van der Waals surface area contributed by atoms with E-state index in [1.54, 1.807) is 6.08 Å². The maximum absolute atomic E-state index is 10.9. The SMILES string of the molecule is CCCCc1ccc2c(c1)C=C(C(=O)O)C2.[NaH].[NaH]. The third kappa shape index (κ3) is 4.52. The van der Waals surface area contributed by atoms with Crippen LogP contribution in [0.4, 0.5) is 0 Å². The van der Waals surface area contributed by atoms with Gasteiger partial charge in [0.15, 0.2) is 0 Å². The molecule has 0 fully saturated rings. The fraction of sp³-hybridized carbons (Fsp3) is 0.357. The second-order valence-corrected chi connectivity index (χ2v) is 4.29. The quantitative estimate of drug-likeness (QED) is 0.841. The minimum atomic E-state index is -0.800. The third-order valence-corrected chi connectivity index (χ3v) is 3.01. The van der Waals surface area contributed by atoms with Gasteiger partial charge in [0.25, 0.3) is 0 Å². The van der Waals surface area contributed by atoms with Crippen LogP contribution in [0.15, 0.2) is 23.8 Å². The van der Waals surface area contributed by atoms with Gasteiger partial charge in [0, 0.05) is 12.0 Å². The van der Waals surface area contributed by atoms with Crippen molar-refractivity contribution < 1.29 is 9.90 Å².